The number of aryl methyl sites for hydroxylation is 1. The summed E-state index contributed by atoms with van der Waals surface area (Å²) in [4.78, 5) is 39.2. The lowest BCUT2D eigenvalue weighted by Crippen LogP contribution is -2.42. The molecule has 10 heteroatoms. The van der Waals surface area contributed by atoms with E-state index in [4.69, 9.17) is 14.9 Å². The molecule has 0 bridgehead atoms. The number of hydrogen-bond donors (Lipinski definition) is 2. The maximum Gasteiger partial charge on any atom is 0.311 e. The lowest BCUT2D eigenvalue weighted by molar-refractivity contribution is -0.151. The van der Waals surface area contributed by atoms with Crippen LogP contribution in [0.25, 0.3) is 0 Å². The van der Waals surface area contributed by atoms with E-state index < -0.39 is 11.9 Å². The highest BCUT2D eigenvalue weighted by Gasteiger charge is 2.31. The number of esters is 1. The van der Waals surface area contributed by atoms with Crippen molar-refractivity contribution in [2.75, 3.05) is 24.1 Å². The van der Waals surface area contributed by atoms with Crippen LogP contribution in [0.4, 0.5) is 17.6 Å². The molecule has 2 aromatic heterocycles. The van der Waals surface area contributed by atoms with Crippen molar-refractivity contribution >= 4 is 29.5 Å². The summed E-state index contributed by atoms with van der Waals surface area (Å²) in [7, 11) is 0. The lowest BCUT2D eigenvalue weighted by Gasteiger charge is -2.30. The number of nitrogen functional groups attached to an aromatic ring is 1. The normalized spacial score (nSPS) is 15.9. The summed E-state index contributed by atoms with van der Waals surface area (Å²) in [5.41, 5.74) is 7.66. The molecule has 3 aromatic rings. The Morgan fingerprint density at radius 2 is 2.06 bits per heavy atom. The molecular weight excluding hydrogens is 412 g/mol. The predicted molar refractivity (Wildman–Crippen MR) is 116 cm³/mol. The van der Waals surface area contributed by atoms with Crippen LogP contribution in [-0.4, -0.2) is 44.8 Å². The van der Waals surface area contributed by atoms with Crippen LogP contribution in [0, 0.1) is 12.8 Å². The Kier molecular flexibility index (Phi) is 6.29. The fourth-order valence-corrected chi connectivity index (χ4v) is 3.56. The molecule has 32 heavy (non-hydrogen) atoms. The number of likely N-dealkylation sites (tertiary alicyclic amines) is 1. The van der Waals surface area contributed by atoms with Crippen LogP contribution in [0.3, 0.4) is 0 Å². The molecule has 3 N–H and O–H groups in total. The van der Waals surface area contributed by atoms with Gasteiger partial charge >= 0.3 is 5.97 Å². The Morgan fingerprint density at radius 3 is 2.84 bits per heavy atom. The van der Waals surface area contributed by atoms with Crippen molar-refractivity contribution < 1.29 is 18.7 Å². The summed E-state index contributed by atoms with van der Waals surface area (Å²) in [5.74, 6) is -0.277. The first kappa shape index (κ1) is 21.3. The topological polar surface area (TPSA) is 136 Å². The van der Waals surface area contributed by atoms with Crippen molar-refractivity contribution in [3.8, 4) is 0 Å². The summed E-state index contributed by atoms with van der Waals surface area (Å²) in [6, 6.07) is 10.9. The van der Waals surface area contributed by atoms with E-state index in [1.165, 1.54) is 6.26 Å². The molecule has 1 aliphatic rings. The highest BCUT2D eigenvalue weighted by molar-refractivity contribution is 5.91. The van der Waals surface area contributed by atoms with Gasteiger partial charge < -0.3 is 25.1 Å². The maximum absolute atomic E-state index is 12.6. The minimum atomic E-state index is -0.425. The third kappa shape index (κ3) is 5.02. The smallest absolute Gasteiger partial charge is 0.311 e. The minimum Gasteiger partial charge on any atom is -0.459 e. The number of ether oxygens (including phenoxy) is 1. The lowest BCUT2D eigenvalue weighted by atomic mass is 9.98. The number of nitrogens with two attached hydrogens (primary N) is 1. The molecule has 1 atom stereocenters. The fraction of sp³-hybridized carbons (Fsp3) is 0.318. The van der Waals surface area contributed by atoms with Crippen molar-refractivity contribution in [2.24, 2.45) is 5.92 Å². The number of carbonyl (C=O) groups excluding carboxylic acids is 2. The molecule has 1 aliphatic heterocycles. The molecule has 0 saturated carbocycles. The van der Waals surface area contributed by atoms with E-state index in [9.17, 15) is 9.59 Å². The number of carbonyl (C=O) groups is 2. The Bertz CT molecular complexity index is 1100. The summed E-state index contributed by atoms with van der Waals surface area (Å²) in [6.45, 7) is 2.66. The van der Waals surface area contributed by atoms with Gasteiger partial charge in [0.1, 0.15) is 0 Å². The van der Waals surface area contributed by atoms with Crippen molar-refractivity contribution in [1.29, 1.82) is 0 Å². The zero-order valence-electron chi connectivity index (χ0n) is 17.7. The summed E-state index contributed by atoms with van der Waals surface area (Å²) < 4.78 is 10.6. The number of furan rings is 1. The van der Waals surface area contributed by atoms with Gasteiger partial charge in [0, 0.05) is 18.8 Å². The first-order chi connectivity index (χ1) is 15.5. The van der Waals surface area contributed by atoms with Gasteiger partial charge in [0.15, 0.2) is 18.2 Å². The molecule has 10 nitrogen and oxygen atoms in total. The number of nitrogens with zero attached hydrogens (tertiary/aromatic N) is 4. The fourth-order valence-electron chi connectivity index (χ4n) is 3.56. The van der Waals surface area contributed by atoms with Gasteiger partial charge in [0.05, 0.1) is 12.2 Å². The number of benzene rings is 1. The van der Waals surface area contributed by atoms with Crippen LogP contribution in [0.15, 0.2) is 47.1 Å². The first-order valence-corrected chi connectivity index (χ1v) is 10.3. The highest BCUT2D eigenvalue weighted by atomic mass is 16.5. The van der Waals surface area contributed by atoms with Gasteiger partial charge in [0.25, 0.3) is 5.91 Å². The van der Waals surface area contributed by atoms with Gasteiger partial charge in [-0.3, -0.25) is 9.59 Å². The number of nitrogens with one attached hydrogen (secondary N) is 1. The Balaban J connectivity index is 1.36. The van der Waals surface area contributed by atoms with E-state index in [0.29, 0.717) is 19.4 Å². The number of piperidine rings is 1. The van der Waals surface area contributed by atoms with Crippen LogP contribution in [0.1, 0.15) is 34.8 Å². The molecular formula is C22H24N6O4. The van der Waals surface area contributed by atoms with Gasteiger partial charge in [-0.2, -0.15) is 15.0 Å². The third-order valence-corrected chi connectivity index (χ3v) is 5.21. The maximum atomic E-state index is 12.6. The number of para-hydroxylation sites is 1. The number of anilines is 3. The second kappa shape index (κ2) is 9.46. The van der Waals surface area contributed by atoms with Crippen molar-refractivity contribution in [3.63, 3.8) is 0 Å². The number of aromatic nitrogens is 3. The average molecular weight is 436 g/mol. The van der Waals surface area contributed by atoms with Gasteiger partial charge in [-0.15, -0.1) is 0 Å². The summed E-state index contributed by atoms with van der Waals surface area (Å²) in [6.07, 6.45) is 2.79. The second-order valence-corrected chi connectivity index (χ2v) is 7.55. The van der Waals surface area contributed by atoms with Crippen LogP contribution >= 0.6 is 0 Å². The van der Waals surface area contributed by atoms with E-state index in [-0.39, 0.29) is 42.5 Å². The van der Waals surface area contributed by atoms with E-state index in [1.807, 2.05) is 31.2 Å². The molecule has 1 aromatic carbocycles. The predicted octanol–water partition coefficient (Wildman–Crippen LogP) is 2.69. The SMILES string of the molecule is Cc1ccccc1Nc1nc(N)nc(COC(=O)C2CCCN(C(=O)c3ccco3)C2)n1. The van der Waals surface area contributed by atoms with Gasteiger partial charge in [-0.05, 0) is 43.5 Å². The number of hydrogen-bond acceptors (Lipinski definition) is 9. The molecule has 1 amide bonds. The first-order valence-electron chi connectivity index (χ1n) is 10.3. The van der Waals surface area contributed by atoms with E-state index in [2.05, 4.69) is 20.3 Å². The van der Waals surface area contributed by atoms with E-state index in [0.717, 1.165) is 11.3 Å². The molecule has 0 spiro atoms. The summed E-state index contributed by atoms with van der Waals surface area (Å²) in [5, 5.41) is 3.10. The molecule has 1 unspecified atom stereocenters. The zero-order chi connectivity index (χ0) is 22.5. The van der Waals surface area contributed by atoms with E-state index in [1.54, 1.807) is 17.0 Å². The van der Waals surface area contributed by atoms with Crippen molar-refractivity contribution in [1.82, 2.24) is 19.9 Å². The zero-order valence-corrected chi connectivity index (χ0v) is 17.7. The summed E-state index contributed by atoms with van der Waals surface area (Å²) >= 11 is 0. The molecule has 0 radical (unpaired) electrons. The second-order valence-electron chi connectivity index (χ2n) is 7.55. The highest BCUT2D eigenvalue weighted by Crippen LogP contribution is 2.21. The van der Waals surface area contributed by atoms with E-state index >= 15 is 0 Å². The Hall–Kier alpha value is -3.95. The minimum absolute atomic E-state index is 0.0232. The van der Waals surface area contributed by atoms with Crippen molar-refractivity contribution in [2.45, 2.75) is 26.4 Å². The molecule has 166 valence electrons. The monoisotopic (exact) mass is 436 g/mol. The molecule has 3 heterocycles. The van der Waals surface area contributed by atoms with Crippen molar-refractivity contribution in [3.05, 3.63) is 59.8 Å². The molecule has 1 saturated heterocycles. The largest absolute Gasteiger partial charge is 0.459 e. The van der Waals surface area contributed by atoms with Crippen LogP contribution in [-0.2, 0) is 16.1 Å². The quantitative estimate of drug-likeness (QED) is 0.559. The Morgan fingerprint density at radius 1 is 1.22 bits per heavy atom. The number of rotatable bonds is 6. The third-order valence-electron chi connectivity index (χ3n) is 5.21. The van der Waals surface area contributed by atoms with Crippen LogP contribution in [0.2, 0.25) is 0 Å². The van der Waals surface area contributed by atoms with Gasteiger partial charge in [-0.1, -0.05) is 18.2 Å². The number of amides is 1. The Labute approximate surface area is 184 Å². The van der Waals surface area contributed by atoms with Gasteiger partial charge in [0.2, 0.25) is 11.9 Å². The molecule has 0 aliphatic carbocycles. The van der Waals surface area contributed by atoms with Crippen LogP contribution < -0.4 is 11.1 Å². The van der Waals surface area contributed by atoms with Gasteiger partial charge in [-0.25, -0.2) is 0 Å². The molecule has 1 fully saturated rings. The molecule has 4 rings (SSSR count). The van der Waals surface area contributed by atoms with Crippen LogP contribution in [0.5, 0.6) is 0 Å². The average Bonchev–Trinajstić information content (AvgIpc) is 3.33. The standard InChI is InChI=1S/C22H24N6O4/c1-14-6-2-3-8-16(14)24-22-26-18(25-21(23)27-22)13-32-20(30)15-7-4-10-28(12-15)19(29)17-9-5-11-31-17/h2-3,5-6,8-9,11,15H,4,7,10,12-13H2,1H3,(H3,23,24,25,26,27).